The molecular weight excluding hydrogens is 230 g/mol. The van der Waals surface area contributed by atoms with Gasteiger partial charge in [-0.05, 0) is 17.5 Å². The maximum atomic E-state index is 11.2. The van der Waals surface area contributed by atoms with Crippen LogP contribution >= 0.6 is 0 Å². The first kappa shape index (κ1) is 15.9. The second-order valence-corrected chi connectivity index (χ2v) is 2.90. The summed E-state index contributed by atoms with van der Waals surface area (Å²) in [7, 11) is 0. The van der Waals surface area contributed by atoms with Crippen LogP contribution in [0.2, 0.25) is 0 Å². The number of carboxylic acid groups (broad SMARTS) is 1. The Bertz CT molecular complexity index is 558. The largest absolute Gasteiger partial charge is 0.477 e. The van der Waals surface area contributed by atoms with Crippen molar-refractivity contribution in [3.05, 3.63) is 46.2 Å². The molecule has 1 aromatic heterocycles. The van der Waals surface area contributed by atoms with Crippen LogP contribution in [0.4, 0.5) is 0 Å². The lowest BCUT2D eigenvalue weighted by atomic mass is 10.1. The fourth-order valence-electron chi connectivity index (χ4n) is 1.31. The quantitative estimate of drug-likeness (QED) is 0.814. The number of carbonyl (C=O) groups is 1. The maximum Gasteiger partial charge on any atom is 0.341 e. The molecule has 4 heteroatoms. The summed E-state index contributed by atoms with van der Waals surface area (Å²) in [5.41, 5.74) is -0.164. The number of hydrogen-bond donors (Lipinski definition) is 2. The molecule has 4 nitrogen and oxygen atoms in total. The molecule has 2 N–H and O–H groups in total. The van der Waals surface area contributed by atoms with E-state index in [4.69, 9.17) is 5.11 Å². The van der Waals surface area contributed by atoms with Crippen LogP contribution in [0.25, 0.3) is 10.9 Å². The minimum absolute atomic E-state index is 0.233. The van der Waals surface area contributed by atoms with Crippen LogP contribution in [-0.2, 0) is 0 Å². The van der Waals surface area contributed by atoms with E-state index in [2.05, 4.69) is 4.98 Å². The number of para-hydroxylation sites is 1. The van der Waals surface area contributed by atoms with E-state index in [1.165, 1.54) is 6.07 Å². The summed E-state index contributed by atoms with van der Waals surface area (Å²) in [4.78, 5) is 24.4. The highest BCUT2D eigenvalue weighted by atomic mass is 16.4. The highest BCUT2D eigenvalue weighted by Crippen LogP contribution is 2.09. The molecule has 18 heavy (non-hydrogen) atoms. The van der Waals surface area contributed by atoms with E-state index in [0.717, 1.165) is 0 Å². The average Bonchev–Trinajstić information content (AvgIpc) is 2.42. The molecule has 0 bridgehead atoms. The van der Waals surface area contributed by atoms with E-state index < -0.39 is 11.5 Å². The number of rotatable bonds is 1. The SMILES string of the molecule is CC.CC.O=C(O)c1cc2ccccc2[nH]c1=O. The monoisotopic (exact) mass is 249 g/mol. The minimum atomic E-state index is -1.21. The van der Waals surface area contributed by atoms with Gasteiger partial charge in [0, 0.05) is 5.52 Å². The summed E-state index contributed by atoms with van der Waals surface area (Å²) in [5.74, 6) is -1.21. The van der Waals surface area contributed by atoms with Crippen LogP contribution in [0.15, 0.2) is 35.1 Å². The summed E-state index contributed by atoms with van der Waals surface area (Å²) < 4.78 is 0. The minimum Gasteiger partial charge on any atom is -0.477 e. The van der Waals surface area contributed by atoms with Gasteiger partial charge in [-0.2, -0.15) is 0 Å². The van der Waals surface area contributed by atoms with E-state index in [1.54, 1.807) is 24.3 Å². The lowest BCUT2D eigenvalue weighted by molar-refractivity contribution is 0.0695. The number of benzene rings is 1. The van der Waals surface area contributed by atoms with Gasteiger partial charge in [0.05, 0.1) is 0 Å². The Labute approximate surface area is 106 Å². The van der Waals surface area contributed by atoms with Gasteiger partial charge in [0.2, 0.25) is 0 Å². The third-order valence-corrected chi connectivity index (χ3v) is 1.98. The Morgan fingerprint density at radius 2 is 1.67 bits per heavy atom. The standard InChI is InChI=1S/C10H7NO3.2C2H6/c12-9-7(10(13)14)5-6-3-1-2-4-8(6)11-9;2*1-2/h1-5H,(H,11,12)(H,13,14);2*1-2H3. The van der Waals surface area contributed by atoms with Gasteiger partial charge in [0.25, 0.3) is 5.56 Å². The van der Waals surface area contributed by atoms with E-state index in [0.29, 0.717) is 10.9 Å². The van der Waals surface area contributed by atoms with Gasteiger partial charge in [-0.3, -0.25) is 4.79 Å². The normalized spacial score (nSPS) is 8.67. The van der Waals surface area contributed by atoms with Crippen molar-refractivity contribution in [3.8, 4) is 0 Å². The zero-order valence-electron chi connectivity index (χ0n) is 11.2. The number of aromatic carboxylic acids is 1. The van der Waals surface area contributed by atoms with Crippen LogP contribution in [0.1, 0.15) is 38.1 Å². The summed E-state index contributed by atoms with van der Waals surface area (Å²) in [6.45, 7) is 8.00. The third-order valence-electron chi connectivity index (χ3n) is 1.98. The Hall–Kier alpha value is -2.10. The van der Waals surface area contributed by atoms with Crippen molar-refractivity contribution in [1.29, 1.82) is 0 Å². The van der Waals surface area contributed by atoms with Gasteiger partial charge in [0.1, 0.15) is 5.56 Å². The molecule has 0 spiro atoms. The molecule has 0 radical (unpaired) electrons. The Morgan fingerprint density at radius 1 is 1.11 bits per heavy atom. The molecule has 2 rings (SSSR count). The molecule has 0 aliphatic rings. The zero-order valence-corrected chi connectivity index (χ0v) is 11.2. The maximum absolute atomic E-state index is 11.2. The lowest BCUT2D eigenvalue weighted by Crippen LogP contribution is -2.16. The van der Waals surface area contributed by atoms with Gasteiger partial charge < -0.3 is 10.1 Å². The van der Waals surface area contributed by atoms with Crippen molar-refractivity contribution in [2.75, 3.05) is 0 Å². The van der Waals surface area contributed by atoms with Crippen LogP contribution in [0.5, 0.6) is 0 Å². The predicted octanol–water partition coefficient (Wildman–Crippen LogP) is 3.28. The topological polar surface area (TPSA) is 70.2 Å². The molecule has 98 valence electrons. The Balaban J connectivity index is 0.000000659. The van der Waals surface area contributed by atoms with Crippen molar-refractivity contribution in [1.82, 2.24) is 4.98 Å². The highest BCUT2D eigenvalue weighted by Gasteiger charge is 2.08. The number of H-pyrrole nitrogens is 1. The fourth-order valence-corrected chi connectivity index (χ4v) is 1.31. The number of carboxylic acids is 1. The third kappa shape index (κ3) is 3.73. The lowest BCUT2D eigenvalue weighted by Gasteiger charge is -1.98. The highest BCUT2D eigenvalue weighted by molar-refractivity contribution is 5.92. The van der Waals surface area contributed by atoms with E-state index in [9.17, 15) is 9.59 Å². The first-order chi connectivity index (χ1) is 8.68. The number of aromatic amines is 1. The molecule has 1 aromatic carbocycles. The summed E-state index contributed by atoms with van der Waals surface area (Å²) in [5, 5.41) is 9.42. The van der Waals surface area contributed by atoms with Gasteiger partial charge in [-0.25, -0.2) is 4.79 Å². The van der Waals surface area contributed by atoms with Gasteiger partial charge in [-0.1, -0.05) is 45.9 Å². The van der Waals surface area contributed by atoms with Gasteiger partial charge in [-0.15, -0.1) is 0 Å². The molecule has 0 unspecified atom stereocenters. The smallest absolute Gasteiger partial charge is 0.341 e. The molecule has 2 aromatic rings. The Morgan fingerprint density at radius 3 is 2.22 bits per heavy atom. The second-order valence-electron chi connectivity index (χ2n) is 2.90. The van der Waals surface area contributed by atoms with E-state index in [1.807, 2.05) is 27.7 Å². The van der Waals surface area contributed by atoms with Crippen molar-refractivity contribution < 1.29 is 9.90 Å². The number of pyridine rings is 1. The van der Waals surface area contributed by atoms with Crippen LogP contribution < -0.4 is 5.56 Å². The molecule has 0 fully saturated rings. The molecule has 0 atom stereocenters. The van der Waals surface area contributed by atoms with Crippen molar-refractivity contribution in [2.24, 2.45) is 0 Å². The predicted molar refractivity (Wildman–Crippen MR) is 74.2 cm³/mol. The van der Waals surface area contributed by atoms with Crippen molar-refractivity contribution in [2.45, 2.75) is 27.7 Å². The van der Waals surface area contributed by atoms with Crippen LogP contribution in [-0.4, -0.2) is 16.1 Å². The summed E-state index contributed by atoms with van der Waals surface area (Å²) >= 11 is 0. The number of fused-ring (bicyclic) bond motifs is 1. The molecule has 0 aliphatic carbocycles. The van der Waals surface area contributed by atoms with Gasteiger partial charge in [0.15, 0.2) is 0 Å². The number of hydrogen-bond acceptors (Lipinski definition) is 2. The molecule has 0 saturated carbocycles. The first-order valence-corrected chi connectivity index (χ1v) is 6.04. The molecule has 1 heterocycles. The van der Waals surface area contributed by atoms with Gasteiger partial charge >= 0.3 is 5.97 Å². The van der Waals surface area contributed by atoms with E-state index >= 15 is 0 Å². The second kappa shape index (κ2) is 8.06. The number of aromatic nitrogens is 1. The van der Waals surface area contributed by atoms with Crippen LogP contribution in [0.3, 0.4) is 0 Å². The summed E-state index contributed by atoms with van der Waals surface area (Å²) in [6, 6.07) is 8.40. The van der Waals surface area contributed by atoms with E-state index in [-0.39, 0.29) is 5.56 Å². The molecule has 0 aliphatic heterocycles. The first-order valence-electron chi connectivity index (χ1n) is 6.04. The average molecular weight is 249 g/mol. The Kier molecular flexibility index (Phi) is 7.12. The fraction of sp³-hybridized carbons (Fsp3) is 0.286. The molecular formula is C14H19NO3. The van der Waals surface area contributed by atoms with Crippen molar-refractivity contribution in [3.63, 3.8) is 0 Å². The van der Waals surface area contributed by atoms with Crippen LogP contribution in [0, 0.1) is 0 Å². The molecule has 0 amide bonds. The zero-order chi connectivity index (χ0) is 14.1. The van der Waals surface area contributed by atoms with Crippen molar-refractivity contribution >= 4 is 16.9 Å². The summed E-state index contributed by atoms with van der Waals surface area (Å²) in [6.07, 6.45) is 0. The number of nitrogens with one attached hydrogen (secondary N) is 1. The molecule has 0 saturated heterocycles.